The molecule has 0 heterocycles. The Bertz CT molecular complexity index is 78.1. The molecular weight excluding hydrogens is 531 g/mol. The summed E-state index contributed by atoms with van der Waals surface area (Å²) in [6, 6.07) is 0. The van der Waals surface area contributed by atoms with Gasteiger partial charge in [0.2, 0.25) is 0 Å². The first-order valence-corrected chi connectivity index (χ1v) is 15.9. The Morgan fingerprint density at radius 2 is 1.60 bits per heavy atom. The second-order valence-corrected chi connectivity index (χ2v) is 36.7. The van der Waals surface area contributed by atoms with Gasteiger partial charge in [-0.25, -0.2) is 0 Å². The third kappa shape index (κ3) is 45.4. The predicted octanol–water partition coefficient (Wildman–Crippen LogP) is 4.10. The van der Waals surface area contributed by atoms with Crippen LogP contribution in [0.5, 0.6) is 0 Å². The van der Waals surface area contributed by atoms with Crippen LogP contribution in [0.1, 0.15) is 14.4 Å². The number of Topliss-reactive ketones (excluding diaryl/α,β-unsaturated/α-hetero) is 1. The van der Waals surface area contributed by atoms with E-state index >= 15 is 0 Å². The predicted molar refractivity (Wildman–Crippen MR) is 70.2 cm³/mol. The number of ketones is 1. The van der Waals surface area contributed by atoms with Gasteiger partial charge in [-0.1, -0.05) is 7.43 Å². The van der Waals surface area contributed by atoms with Crippen LogP contribution in [0.25, 0.3) is 0 Å². The van der Waals surface area contributed by atoms with Crippen LogP contribution in [0.3, 0.4) is 0 Å². The summed E-state index contributed by atoms with van der Waals surface area (Å²) in [5.41, 5.74) is 0. The molecule has 0 atom stereocenters. The first kappa shape index (κ1) is 18.5. The average molecular weight is 540 g/mol. The van der Waals surface area contributed by atoms with Crippen LogP contribution in [0, 0.1) is 0 Å². The fraction of sp³-hybridized carbons (Fsp3) is 0.750. The molecule has 0 radical (unpaired) electrons. The Labute approximate surface area is 105 Å². The van der Waals surface area contributed by atoms with Gasteiger partial charge in [0.15, 0.2) is 0 Å². The fourth-order valence-corrected chi connectivity index (χ4v) is 0. The summed E-state index contributed by atoms with van der Waals surface area (Å²) in [7, 11) is 0. The Balaban J connectivity index is -0.0000000910. The van der Waals surface area contributed by atoms with E-state index in [0.29, 0.717) is 0 Å². The van der Waals surface area contributed by atoms with Crippen molar-refractivity contribution in [3.8, 4) is 0 Å². The van der Waals surface area contributed by atoms with Crippen molar-refractivity contribution in [3.63, 3.8) is 0 Å². The van der Waals surface area contributed by atoms with Crippen molar-refractivity contribution in [3.05, 3.63) is 0 Å². The summed E-state index contributed by atoms with van der Waals surface area (Å²) in [6.45, 7) is 1.45. The van der Waals surface area contributed by atoms with E-state index in [1.54, 1.807) is 0 Å². The Kier molecular flexibility index (Phi) is 26.4. The van der Waals surface area contributed by atoms with Crippen molar-refractivity contribution in [1.82, 2.24) is 0 Å². The van der Waals surface area contributed by atoms with Gasteiger partial charge in [0.25, 0.3) is 0 Å². The van der Waals surface area contributed by atoms with Gasteiger partial charge in [-0.2, -0.15) is 0 Å². The summed E-state index contributed by atoms with van der Waals surface area (Å²) >= 11 is 12.4. The van der Waals surface area contributed by atoms with Crippen LogP contribution in [0.15, 0.2) is 0 Å². The van der Waals surface area contributed by atoms with Gasteiger partial charge in [-0.15, -0.1) is 11.6 Å². The molecule has 0 saturated heterocycles. The molecule has 64 valence electrons. The molecule has 0 aromatic heterocycles. The standard InChI is InChI=1S/C3H5ClO.CH4.3HI.V/c1-3(5)2-4;;;;;/h2H2,1H3;1H4;3*1H;/q;;;;;+3/p-3. The molecule has 1 nitrogen and oxygen atoms in total. The molecule has 0 bridgehead atoms. The number of alkyl halides is 1. The average Bonchev–Trinajstić information content (AvgIpc) is 1.65. The Hall–Kier alpha value is 2.73. The first-order chi connectivity index (χ1) is 4.00. The molecule has 10 heavy (non-hydrogen) atoms. The molecule has 0 aliphatic carbocycles. The second-order valence-electron chi connectivity index (χ2n) is 1.03. The second kappa shape index (κ2) is 14.3. The number of carbonyl (C=O) groups is 1. The van der Waals surface area contributed by atoms with Crippen LogP contribution in [-0.4, -0.2) is 11.7 Å². The zero-order valence-corrected chi connectivity index (χ0v) is 13.2. The van der Waals surface area contributed by atoms with Crippen LogP contribution >= 0.6 is 71.5 Å². The van der Waals surface area contributed by atoms with Crippen molar-refractivity contribution in [2.45, 2.75) is 14.4 Å². The molecule has 0 rings (SSSR count). The van der Waals surface area contributed by atoms with Crippen LogP contribution in [-0.2, 0) is 9.72 Å². The van der Waals surface area contributed by atoms with Crippen molar-refractivity contribution < 1.29 is 9.72 Å². The summed E-state index contributed by atoms with van der Waals surface area (Å²) in [5, 5.41) is 0. The minimum atomic E-state index is -0.278. The van der Waals surface area contributed by atoms with Gasteiger partial charge in [-0.3, -0.25) is 4.79 Å². The van der Waals surface area contributed by atoms with Crippen LogP contribution < -0.4 is 0 Å². The van der Waals surface area contributed by atoms with Crippen molar-refractivity contribution in [2.75, 3.05) is 5.88 Å². The maximum atomic E-state index is 9.68. The van der Waals surface area contributed by atoms with Crippen LogP contribution in [0.2, 0.25) is 0 Å². The van der Waals surface area contributed by atoms with Gasteiger partial charge in [0.1, 0.15) is 5.78 Å². The van der Waals surface area contributed by atoms with Gasteiger partial charge >= 0.3 is 64.9 Å². The minimum absolute atomic E-state index is 0. The number of halogens is 4. The van der Waals surface area contributed by atoms with E-state index in [2.05, 4.69) is 59.9 Å². The molecule has 6 heteroatoms. The molecule has 0 unspecified atom stereocenters. The summed E-state index contributed by atoms with van der Waals surface area (Å²) in [5.74, 6) is 0.159. The summed E-state index contributed by atoms with van der Waals surface area (Å²) < 4.78 is 0. The fourth-order valence-electron chi connectivity index (χ4n) is 0. The van der Waals surface area contributed by atoms with E-state index in [4.69, 9.17) is 11.6 Å². The zero-order chi connectivity index (χ0) is 7.86. The zero-order valence-electron chi connectivity index (χ0n) is 4.57. The van der Waals surface area contributed by atoms with Crippen molar-refractivity contribution >= 4 is 77.3 Å². The van der Waals surface area contributed by atoms with Gasteiger partial charge in [0, 0.05) is 0 Å². The number of carbonyl (C=O) groups excluding carboxylic acids is 1. The Morgan fingerprint density at radius 3 is 1.60 bits per heavy atom. The quantitative estimate of drug-likeness (QED) is 0.362. The molecule has 0 aliphatic rings. The van der Waals surface area contributed by atoms with Gasteiger partial charge in [-0.05, 0) is 6.92 Å². The molecular formula is C4H9ClI3OV. The summed E-state index contributed by atoms with van der Waals surface area (Å²) in [6.07, 6.45) is 0. The van der Waals surface area contributed by atoms with Crippen LogP contribution in [0.4, 0.5) is 0 Å². The van der Waals surface area contributed by atoms with Gasteiger partial charge in [0.05, 0.1) is 5.88 Å². The molecule has 0 N–H and O–H groups in total. The van der Waals surface area contributed by atoms with E-state index in [1.165, 1.54) is 6.92 Å². The molecule has 0 aliphatic heterocycles. The van der Waals surface area contributed by atoms with Crippen molar-refractivity contribution in [1.29, 1.82) is 0 Å². The van der Waals surface area contributed by atoms with E-state index < -0.39 is 0 Å². The van der Waals surface area contributed by atoms with E-state index in [-0.39, 0.29) is 24.0 Å². The van der Waals surface area contributed by atoms with E-state index in [9.17, 15) is 4.79 Å². The molecule has 0 aromatic rings. The SMILES string of the molecule is C.CC(=O)CCl.[I][V]([I])[I]. The van der Waals surface area contributed by atoms with E-state index in [1.807, 2.05) is 0 Å². The molecule has 0 fully saturated rings. The van der Waals surface area contributed by atoms with E-state index in [0.717, 1.165) is 0 Å². The normalized spacial score (nSPS) is 7.40. The molecule has 0 saturated carbocycles. The monoisotopic (exact) mass is 540 g/mol. The topological polar surface area (TPSA) is 17.1 Å². The Morgan fingerprint density at radius 1 is 1.50 bits per heavy atom. The van der Waals surface area contributed by atoms with Crippen molar-refractivity contribution in [2.24, 2.45) is 0 Å². The molecule has 0 aromatic carbocycles. The number of rotatable bonds is 1. The third-order valence-electron chi connectivity index (χ3n) is 0.188. The number of hydrogen-bond donors (Lipinski definition) is 0. The molecule has 0 spiro atoms. The third-order valence-corrected chi connectivity index (χ3v) is 0.565. The maximum absolute atomic E-state index is 9.68. The number of hydrogen-bond acceptors (Lipinski definition) is 1. The first-order valence-electron chi connectivity index (χ1n) is 1.83. The van der Waals surface area contributed by atoms with Gasteiger partial charge < -0.3 is 0 Å². The molecule has 0 amide bonds. The summed E-state index contributed by atoms with van der Waals surface area (Å²) in [4.78, 5) is 9.40.